The third-order valence-corrected chi connectivity index (χ3v) is 7.43. The Labute approximate surface area is 272 Å². The second-order valence-corrected chi connectivity index (χ2v) is 11.0. The van der Waals surface area contributed by atoms with Crippen molar-refractivity contribution < 1.29 is 45.5 Å². The van der Waals surface area contributed by atoms with Crippen LogP contribution in [0, 0.1) is 0 Å². The summed E-state index contributed by atoms with van der Waals surface area (Å²) in [4.78, 5) is 37.7. The lowest BCUT2D eigenvalue weighted by atomic mass is 9.78. The van der Waals surface area contributed by atoms with E-state index in [0.29, 0.717) is 47.1 Å². The van der Waals surface area contributed by atoms with E-state index in [0.717, 1.165) is 23.0 Å². The molecule has 2 amide bonds. The van der Waals surface area contributed by atoms with Gasteiger partial charge in [-0.15, -0.1) is 13.2 Å². The minimum absolute atomic E-state index is 0.0660. The molecule has 14 heteroatoms. The van der Waals surface area contributed by atoms with Gasteiger partial charge in [-0.3, -0.25) is 14.4 Å². The van der Waals surface area contributed by atoms with Gasteiger partial charge < -0.3 is 15.4 Å². The highest BCUT2D eigenvalue weighted by atomic mass is 19.4. The molecular weight excluding hydrogens is 642 g/mol. The number of carbonyl (C=O) groups is 3. The van der Waals surface area contributed by atoms with Crippen molar-refractivity contribution in [3.63, 3.8) is 0 Å². The average Bonchev–Trinajstić information content (AvgIpc) is 3.53. The van der Waals surface area contributed by atoms with Gasteiger partial charge in [-0.1, -0.05) is 37.6 Å². The molecule has 8 nitrogen and oxygen atoms in total. The number of alkyl halides is 6. The lowest BCUT2D eigenvalue weighted by Crippen LogP contribution is -2.27. The molecule has 0 saturated carbocycles. The molecule has 0 spiro atoms. The summed E-state index contributed by atoms with van der Waals surface area (Å²) < 4.78 is 82.6. The first-order valence-electron chi connectivity index (χ1n) is 14.9. The van der Waals surface area contributed by atoms with E-state index < -0.39 is 41.6 Å². The van der Waals surface area contributed by atoms with Gasteiger partial charge in [0.2, 0.25) is 5.91 Å². The van der Waals surface area contributed by atoms with Crippen LogP contribution >= 0.6 is 0 Å². The molecule has 48 heavy (non-hydrogen) atoms. The molecule has 0 fully saturated rings. The van der Waals surface area contributed by atoms with E-state index in [1.54, 1.807) is 24.3 Å². The first kappa shape index (κ1) is 35.7. The van der Waals surface area contributed by atoms with Gasteiger partial charge in [0, 0.05) is 30.4 Å². The summed E-state index contributed by atoms with van der Waals surface area (Å²) in [5.41, 5.74) is 1.16. The number of ether oxygens (including phenoxy) is 1. The molecule has 0 aliphatic heterocycles. The minimum atomic E-state index is -4.90. The maximum atomic E-state index is 14.0. The fourth-order valence-electron chi connectivity index (χ4n) is 5.14. The predicted molar refractivity (Wildman–Crippen MR) is 165 cm³/mol. The van der Waals surface area contributed by atoms with E-state index in [4.69, 9.17) is 0 Å². The highest BCUT2D eigenvalue weighted by Crippen LogP contribution is 2.39. The highest BCUT2D eigenvalue weighted by molar-refractivity contribution is 5.97. The first-order valence-corrected chi connectivity index (χ1v) is 14.9. The Morgan fingerprint density at radius 1 is 0.875 bits per heavy atom. The third kappa shape index (κ3) is 9.69. The summed E-state index contributed by atoms with van der Waals surface area (Å²) in [5, 5.41) is 9.24. The van der Waals surface area contributed by atoms with Crippen molar-refractivity contribution in [3.8, 4) is 11.4 Å². The Morgan fingerprint density at radius 3 is 2.04 bits per heavy atom. The summed E-state index contributed by atoms with van der Waals surface area (Å²) in [5.74, 6) is -2.79. The zero-order valence-corrected chi connectivity index (χ0v) is 25.9. The van der Waals surface area contributed by atoms with Crippen LogP contribution in [0.5, 0.6) is 5.75 Å². The van der Waals surface area contributed by atoms with Crippen LogP contribution in [0.1, 0.15) is 72.0 Å². The number of halogens is 6. The molecule has 2 N–H and O–H groups in total. The summed E-state index contributed by atoms with van der Waals surface area (Å²) in [7, 11) is 0. The lowest BCUT2D eigenvalue weighted by Gasteiger charge is -2.28. The summed E-state index contributed by atoms with van der Waals surface area (Å²) >= 11 is 0. The second kappa shape index (κ2) is 15.2. The van der Waals surface area contributed by atoms with Crippen molar-refractivity contribution in [2.75, 3.05) is 11.9 Å². The van der Waals surface area contributed by atoms with E-state index in [1.807, 2.05) is 6.92 Å². The van der Waals surface area contributed by atoms with Crippen LogP contribution in [-0.2, 0) is 15.8 Å². The Kier molecular flexibility index (Phi) is 11.3. The number of aromatic nitrogens is 2. The molecule has 254 valence electrons. The number of hydrogen-bond acceptors (Lipinski definition) is 5. The smallest absolute Gasteiger partial charge is 0.406 e. The van der Waals surface area contributed by atoms with Crippen LogP contribution in [0.3, 0.4) is 0 Å². The zero-order chi connectivity index (χ0) is 35.1. The number of ketones is 1. The van der Waals surface area contributed by atoms with Gasteiger partial charge in [-0.05, 0) is 78.9 Å². The summed E-state index contributed by atoms with van der Waals surface area (Å²) in [6, 6.07) is 17.5. The van der Waals surface area contributed by atoms with Gasteiger partial charge >= 0.3 is 12.5 Å². The van der Waals surface area contributed by atoms with Crippen LogP contribution in [0.4, 0.5) is 32.0 Å². The summed E-state index contributed by atoms with van der Waals surface area (Å²) in [6.45, 7) is 3.52. The molecular formula is C34H32F6N4O4. The van der Waals surface area contributed by atoms with Gasteiger partial charge in [0.05, 0.1) is 23.4 Å². The maximum absolute atomic E-state index is 14.0. The van der Waals surface area contributed by atoms with Crippen LogP contribution in [0.25, 0.3) is 5.69 Å². The molecule has 2 atom stereocenters. The fourth-order valence-corrected chi connectivity index (χ4v) is 5.14. The van der Waals surface area contributed by atoms with E-state index in [9.17, 15) is 40.7 Å². The summed E-state index contributed by atoms with van der Waals surface area (Å²) in [6.07, 6.45) is -6.61. The van der Waals surface area contributed by atoms with E-state index in [1.165, 1.54) is 43.3 Å². The van der Waals surface area contributed by atoms with Gasteiger partial charge in [0.1, 0.15) is 11.5 Å². The normalized spacial score (nSPS) is 13.0. The van der Waals surface area contributed by atoms with Gasteiger partial charge in [-0.25, -0.2) is 4.68 Å². The van der Waals surface area contributed by atoms with Crippen LogP contribution in [-0.4, -0.2) is 40.3 Å². The van der Waals surface area contributed by atoms with Gasteiger partial charge in [0.15, 0.2) is 0 Å². The first-order chi connectivity index (χ1) is 22.6. The monoisotopic (exact) mass is 674 g/mol. The molecule has 0 radical (unpaired) electrons. The van der Waals surface area contributed by atoms with E-state index in [2.05, 4.69) is 20.5 Å². The van der Waals surface area contributed by atoms with Crippen molar-refractivity contribution in [2.24, 2.45) is 0 Å². The lowest BCUT2D eigenvalue weighted by molar-refractivity contribution is -0.274. The Morgan fingerprint density at radius 2 is 1.50 bits per heavy atom. The van der Waals surface area contributed by atoms with E-state index >= 15 is 0 Å². The largest absolute Gasteiger partial charge is 0.573 e. The number of anilines is 1. The molecule has 1 aromatic heterocycles. The van der Waals surface area contributed by atoms with Crippen LogP contribution in [0.15, 0.2) is 85.2 Å². The van der Waals surface area contributed by atoms with Crippen molar-refractivity contribution in [2.45, 2.75) is 57.5 Å². The fraction of sp³-hybridized carbons (Fsp3) is 0.294. The molecule has 3 aromatic carbocycles. The predicted octanol–water partition coefficient (Wildman–Crippen LogP) is 7.80. The molecule has 0 aliphatic rings. The molecule has 4 rings (SSSR count). The number of rotatable bonds is 13. The number of benzene rings is 3. The molecule has 4 aromatic rings. The second-order valence-electron chi connectivity index (χ2n) is 11.0. The minimum Gasteiger partial charge on any atom is -0.406 e. The van der Waals surface area contributed by atoms with E-state index in [-0.39, 0.29) is 24.7 Å². The van der Waals surface area contributed by atoms with Crippen molar-refractivity contribution >= 4 is 23.3 Å². The number of nitrogens with one attached hydrogen (secondary N) is 2. The molecule has 0 bridgehead atoms. The molecule has 2 unspecified atom stereocenters. The quantitative estimate of drug-likeness (QED) is 0.141. The Balaban J connectivity index is 1.62. The van der Waals surface area contributed by atoms with Crippen molar-refractivity contribution in [1.29, 1.82) is 0 Å². The molecule has 0 saturated heterocycles. The number of nitrogens with zero attached hydrogens (tertiary/aromatic N) is 2. The Hall–Kier alpha value is -5.14. The molecule has 1 heterocycles. The number of Topliss-reactive ketones (excluding diaryl/α,β-unsaturated/α-hetero) is 1. The number of amides is 2. The topological polar surface area (TPSA) is 102 Å². The average molecular weight is 675 g/mol. The SMILES string of the molecule is CCCC(c1ccc(C(=O)NCCC(C)=O)cc1)C(C(=O)Nc1ccc(-n2cc(C(F)(F)F)cn2)cc1)c1ccc(OC(F)(F)F)cc1. The van der Waals surface area contributed by atoms with Gasteiger partial charge in [-0.2, -0.15) is 18.3 Å². The van der Waals surface area contributed by atoms with Crippen LogP contribution < -0.4 is 15.4 Å². The zero-order valence-electron chi connectivity index (χ0n) is 25.9. The van der Waals surface area contributed by atoms with Crippen molar-refractivity contribution in [1.82, 2.24) is 15.1 Å². The number of carbonyl (C=O) groups excluding carboxylic acids is 3. The maximum Gasteiger partial charge on any atom is 0.573 e. The standard InChI is InChI=1S/C34H32F6N4O4/c1-3-4-29(22-5-7-24(8-6-22)31(46)41-18-17-21(2)45)30(23-9-15-28(16-10-23)48-34(38,39)40)32(47)43-26-11-13-27(14-12-26)44-20-25(19-42-44)33(35,36)37/h5-16,19-20,29-30H,3-4,17-18H2,1-2H3,(H,41,46)(H,43,47). The van der Waals surface area contributed by atoms with Crippen molar-refractivity contribution in [3.05, 3.63) is 107 Å². The van der Waals surface area contributed by atoms with Crippen LogP contribution in [0.2, 0.25) is 0 Å². The van der Waals surface area contributed by atoms with Gasteiger partial charge in [0.25, 0.3) is 5.91 Å². The third-order valence-electron chi connectivity index (χ3n) is 7.43. The molecule has 0 aliphatic carbocycles. The Bertz CT molecular complexity index is 1700. The number of hydrogen-bond donors (Lipinski definition) is 2. The highest BCUT2D eigenvalue weighted by Gasteiger charge is 2.34.